The van der Waals surface area contributed by atoms with Crippen LogP contribution in [0.15, 0.2) is 24.3 Å². The second kappa shape index (κ2) is 4.64. The SMILES string of the molecule is CN1CC(c2cccc(I)c2)C(C(=O)O)C1=O. The van der Waals surface area contributed by atoms with Crippen LogP contribution in [0.5, 0.6) is 0 Å². The molecule has 1 heterocycles. The second-order valence-corrected chi connectivity index (χ2v) is 5.44. The number of nitrogens with zero attached hydrogens (tertiary/aromatic N) is 1. The lowest BCUT2D eigenvalue weighted by molar-refractivity contribution is -0.147. The van der Waals surface area contributed by atoms with Gasteiger partial charge in [0, 0.05) is 23.1 Å². The van der Waals surface area contributed by atoms with Crippen LogP contribution in [-0.2, 0) is 9.59 Å². The smallest absolute Gasteiger partial charge is 0.316 e. The quantitative estimate of drug-likeness (QED) is 0.654. The van der Waals surface area contributed by atoms with Crippen molar-refractivity contribution >= 4 is 34.5 Å². The number of aliphatic carboxylic acids is 1. The number of halogens is 1. The van der Waals surface area contributed by atoms with Gasteiger partial charge in [-0.05, 0) is 40.3 Å². The van der Waals surface area contributed by atoms with E-state index >= 15 is 0 Å². The molecule has 0 saturated carbocycles. The van der Waals surface area contributed by atoms with Gasteiger partial charge in [0.25, 0.3) is 0 Å². The van der Waals surface area contributed by atoms with Crippen LogP contribution in [0.3, 0.4) is 0 Å². The topological polar surface area (TPSA) is 57.6 Å². The van der Waals surface area contributed by atoms with Gasteiger partial charge < -0.3 is 10.0 Å². The Hall–Kier alpha value is -1.11. The maximum absolute atomic E-state index is 11.8. The van der Waals surface area contributed by atoms with E-state index in [9.17, 15) is 9.59 Å². The molecule has 2 unspecified atom stereocenters. The van der Waals surface area contributed by atoms with Crippen molar-refractivity contribution in [3.8, 4) is 0 Å². The van der Waals surface area contributed by atoms with Crippen LogP contribution in [0.1, 0.15) is 11.5 Å². The Balaban J connectivity index is 2.38. The van der Waals surface area contributed by atoms with Crippen molar-refractivity contribution in [2.24, 2.45) is 5.92 Å². The molecule has 1 aliphatic rings. The lowest BCUT2D eigenvalue weighted by Crippen LogP contribution is -2.28. The first kappa shape index (κ1) is 12.3. The number of carbonyl (C=O) groups is 2. The molecule has 1 N–H and O–H groups in total. The third-order valence-corrected chi connectivity index (χ3v) is 3.73. The summed E-state index contributed by atoms with van der Waals surface area (Å²) in [6, 6.07) is 7.65. The number of carboxylic acid groups (broad SMARTS) is 1. The van der Waals surface area contributed by atoms with Crippen molar-refractivity contribution in [2.75, 3.05) is 13.6 Å². The van der Waals surface area contributed by atoms with E-state index in [0.29, 0.717) is 6.54 Å². The molecule has 1 fully saturated rings. The number of likely N-dealkylation sites (N-methyl/N-ethyl adjacent to an activating group) is 1. The number of rotatable bonds is 2. The van der Waals surface area contributed by atoms with Gasteiger partial charge in [-0.3, -0.25) is 9.59 Å². The zero-order valence-corrected chi connectivity index (χ0v) is 11.4. The maximum Gasteiger partial charge on any atom is 0.316 e. The summed E-state index contributed by atoms with van der Waals surface area (Å²) in [6.45, 7) is 0.468. The number of carboxylic acids is 1. The van der Waals surface area contributed by atoms with Gasteiger partial charge in [0.2, 0.25) is 5.91 Å². The molecule has 0 radical (unpaired) electrons. The number of amides is 1. The molecule has 1 aromatic carbocycles. The summed E-state index contributed by atoms with van der Waals surface area (Å²) in [7, 11) is 1.65. The fraction of sp³-hybridized carbons (Fsp3) is 0.333. The Bertz CT molecular complexity index is 475. The monoisotopic (exact) mass is 345 g/mol. The minimum absolute atomic E-state index is 0.250. The molecule has 1 aliphatic heterocycles. The van der Waals surface area contributed by atoms with E-state index in [1.54, 1.807) is 7.05 Å². The van der Waals surface area contributed by atoms with Crippen LogP contribution < -0.4 is 0 Å². The van der Waals surface area contributed by atoms with Gasteiger partial charge in [-0.1, -0.05) is 12.1 Å². The minimum Gasteiger partial charge on any atom is -0.481 e. The maximum atomic E-state index is 11.8. The predicted molar refractivity (Wildman–Crippen MR) is 70.7 cm³/mol. The van der Waals surface area contributed by atoms with Crippen LogP contribution in [-0.4, -0.2) is 35.5 Å². The third kappa shape index (κ3) is 2.29. The zero-order valence-electron chi connectivity index (χ0n) is 9.26. The molecule has 0 aliphatic carbocycles. The molecule has 0 bridgehead atoms. The normalized spacial score (nSPS) is 24.1. The average Bonchev–Trinajstić information content (AvgIpc) is 2.55. The summed E-state index contributed by atoms with van der Waals surface area (Å²) in [4.78, 5) is 24.4. The summed E-state index contributed by atoms with van der Waals surface area (Å²) >= 11 is 2.18. The number of benzene rings is 1. The van der Waals surface area contributed by atoms with Crippen molar-refractivity contribution in [3.05, 3.63) is 33.4 Å². The first-order chi connectivity index (χ1) is 8.00. The molecule has 1 amide bonds. The molecule has 5 heteroatoms. The predicted octanol–water partition coefficient (Wildman–Crippen LogP) is 1.55. The molecule has 2 atom stereocenters. The van der Waals surface area contributed by atoms with Crippen molar-refractivity contribution in [2.45, 2.75) is 5.92 Å². The zero-order chi connectivity index (χ0) is 12.6. The van der Waals surface area contributed by atoms with E-state index < -0.39 is 11.9 Å². The highest BCUT2D eigenvalue weighted by Gasteiger charge is 2.44. The number of carbonyl (C=O) groups excluding carboxylic acids is 1. The van der Waals surface area contributed by atoms with E-state index in [1.165, 1.54) is 4.90 Å². The van der Waals surface area contributed by atoms with Gasteiger partial charge in [-0.25, -0.2) is 0 Å². The minimum atomic E-state index is -1.04. The Labute approximate surface area is 113 Å². The summed E-state index contributed by atoms with van der Waals surface area (Å²) in [5.74, 6) is -2.54. The summed E-state index contributed by atoms with van der Waals surface area (Å²) < 4.78 is 1.05. The van der Waals surface area contributed by atoms with E-state index in [2.05, 4.69) is 22.6 Å². The number of likely N-dealkylation sites (tertiary alicyclic amines) is 1. The fourth-order valence-corrected chi connectivity index (χ4v) is 2.78. The average molecular weight is 345 g/mol. The highest BCUT2D eigenvalue weighted by atomic mass is 127. The van der Waals surface area contributed by atoms with Crippen LogP contribution in [0.2, 0.25) is 0 Å². The van der Waals surface area contributed by atoms with Crippen LogP contribution in [0, 0.1) is 9.49 Å². The molecular formula is C12H12INO3. The second-order valence-electron chi connectivity index (χ2n) is 4.20. The van der Waals surface area contributed by atoms with Crippen LogP contribution in [0.25, 0.3) is 0 Å². The van der Waals surface area contributed by atoms with E-state index in [0.717, 1.165) is 9.13 Å². The molecule has 0 aromatic heterocycles. The summed E-state index contributed by atoms with van der Waals surface area (Å²) in [6.07, 6.45) is 0. The molecule has 0 spiro atoms. The van der Waals surface area contributed by atoms with Crippen molar-refractivity contribution in [1.82, 2.24) is 4.90 Å². The lowest BCUT2D eigenvalue weighted by Gasteiger charge is -2.13. The van der Waals surface area contributed by atoms with Crippen LogP contribution in [0.4, 0.5) is 0 Å². The van der Waals surface area contributed by atoms with Gasteiger partial charge in [0.15, 0.2) is 0 Å². The lowest BCUT2D eigenvalue weighted by atomic mass is 9.89. The molecule has 1 saturated heterocycles. The molecule has 90 valence electrons. The van der Waals surface area contributed by atoms with Crippen molar-refractivity contribution in [3.63, 3.8) is 0 Å². The van der Waals surface area contributed by atoms with Crippen molar-refractivity contribution < 1.29 is 14.7 Å². The molecule has 2 rings (SSSR count). The standard InChI is InChI=1S/C12H12INO3/c1-14-6-9(10(11(14)15)12(16)17)7-3-2-4-8(13)5-7/h2-5,9-10H,6H2,1H3,(H,16,17). The van der Waals surface area contributed by atoms with E-state index in [1.807, 2.05) is 24.3 Å². The van der Waals surface area contributed by atoms with Crippen molar-refractivity contribution in [1.29, 1.82) is 0 Å². The van der Waals surface area contributed by atoms with Gasteiger partial charge in [-0.15, -0.1) is 0 Å². The summed E-state index contributed by atoms with van der Waals surface area (Å²) in [5.41, 5.74) is 0.919. The van der Waals surface area contributed by atoms with Gasteiger partial charge in [-0.2, -0.15) is 0 Å². The van der Waals surface area contributed by atoms with E-state index in [4.69, 9.17) is 5.11 Å². The van der Waals surface area contributed by atoms with Crippen LogP contribution >= 0.6 is 22.6 Å². The van der Waals surface area contributed by atoms with Gasteiger partial charge >= 0.3 is 5.97 Å². The highest BCUT2D eigenvalue weighted by Crippen LogP contribution is 2.33. The Morgan fingerprint density at radius 1 is 1.53 bits per heavy atom. The fourth-order valence-electron chi connectivity index (χ4n) is 2.21. The highest BCUT2D eigenvalue weighted by molar-refractivity contribution is 14.1. The Kier molecular flexibility index (Phi) is 3.37. The largest absolute Gasteiger partial charge is 0.481 e. The first-order valence-electron chi connectivity index (χ1n) is 5.24. The molecule has 4 nitrogen and oxygen atoms in total. The molecular weight excluding hydrogens is 333 g/mol. The van der Waals surface area contributed by atoms with Gasteiger partial charge in [0.05, 0.1) is 0 Å². The first-order valence-corrected chi connectivity index (χ1v) is 6.32. The van der Waals surface area contributed by atoms with Gasteiger partial charge in [0.1, 0.15) is 5.92 Å². The Morgan fingerprint density at radius 3 is 2.82 bits per heavy atom. The Morgan fingerprint density at radius 2 is 2.24 bits per heavy atom. The summed E-state index contributed by atoms with van der Waals surface area (Å²) in [5, 5.41) is 9.15. The number of hydrogen-bond donors (Lipinski definition) is 1. The number of hydrogen-bond acceptors (Lipinski definition) is 2. The molecule has 17 heavy (non-hydrogen) atoms. The van der Waals surface area contributed by atoms with E-state index in [-0.39, 0.29) is 11.8 Å². The molecule has 1 aromatic rings. The third-order valence-electron chi connectivity index (χ3n) is 3.06.